The lowest BCUT2D eigenvalue weighted by atomic mass is 9.97. The third-order valence-electron chi connectivity index (χ3n) is 6.20. The summed E-state index contributed by atoms with van der Waals surface area (Å²) in [6, 6.07) is 16.9. The second kappa shape index (κ2) is 11.0. The molecule has 0 radical (unpaired) electrons. The van der Waals surface area contributed by atoms with Gasteiger partial charge in [-0.3, -0.25) is 14.9 Å². The molecule has 0 aliphatic carbocycles. The van der Waals surface area contributed by atoms with Gasteiger partial charge in [-0.05, 0) is 53.9 Å². The van der Waals surface area contributed by atoms with Crippen molar-refractivity contribution in [3.63, 3.8) is 0 Å². The number of nitrogens with one attached hydrogen (secondary N) is 2. The van der Waals surface area contributed by atoms with Crippen LogP contribution in [0.5, 0.6) is 0 Å². The SMILES string of the molecule is CC(=O)Nc1ccc(/C=C(\C#N)C(=O)Nc2nc(-c3ccccc3)cs2)cc1CC(C)(C)[Si](C)(C)O. The number of hydrogen-bond acceptors (Lipinski definition) is 6. The van der Waals surface area contributed by atoms with Crippen LogP contribution in [0, 0.1) is 11.3 Å². The second-order valence-electron chi connectivity index (χ2n) is 9.75. The fourth-order valence-electron chi connectivity index (χ4n) is 3.41. The van der Waals surface area contributed by atoms with E-state index in [1.807, 2.05) is 74.8 Å². The van der Waals surface area contributed by atoms with Crippen molar-refractivity contribution < 1.29 is 14.4 Å². The van der Waals surface area contributed by atoms with Gasteiger partial charge in [0.25, 0.3) is 5.91 Å². The van der Waals surface area contributed by atoms with E-state index < -0.39 is 14.2 Å². The Labute approximate surface area is 216 Å². The zero-order chi connectivity index (χ0) is 26.5. The molecule has 186 valence electrons. The second-order valence-corrected chi connectivity index (χ2v) is 15.1. The lowest BCUT2D eigenvalue weighted by Crippen LogP contribution is -2.40. The Bertz CT molecular complexity index is 1340. The molecule has 1 aromatic heterocycles. The number of aromatic nitrogens is 1. The average Bonchev–Trinajstić information content (AvgIpc) is 3.26. The van der Waals surface area contributed by atoms with Crippen LogP contribution in [0.1, 0.15) is 31.9 Å². The summed E-state index contributed by atoms with van der Waals surface area (Å²) in [6.07, 6.45) is 2.03. The molecule has 0 spiro atoms. The zero-order valence-corrected chi connectivity index (χ0v) is 22.9. The predicted octanol–water partition coefficient (Wildman–Crippen LogP) is 5.83. The smallest absolute Gasteiger partial charge is 0.268 e. The first-order valence-corrected chi connectivity index (χ1v) is 15.3. The highest BCUT2D eigenvalue weighted by atomic mass is 32.1. The van der Waals surface area contributed by atoms with Crippen LogP contribution in [0.3, 0.4) is 0 Å². The molecule has 36 heavy (non-hydrogen) atoms. The summed E-state index contributed by atoms with van der Waals surface area (Å²) in [4.78, 5) is 39.8. The Hall–Kier alpha value is -3.58. The van der Waals surface area contributed by atoms with Gasteiger partial charge in [0.05, 0.1) is 5.69 Å². The number of thiazole rings is 1. The van der Waals surface area contributed by atoms with Crippen molar-refractivity contribution in [1.82, 2.24) is 4.98 Å². The topological polar surface area (TPSA) is 115 Å². The number of anilines is 2. The highest BCUT2D eigenvalue weighted by molar-refractivity contribution is 7.14. The minimum atomic E-state index is -2.52. The Morgan fingerprint density at radius 3 is 2.47 bits per heavy atom. The molecule has 0 unspecified atom stereocenters. The number of nitriles is 1. The van der Waals surface area contributed by atoms with Crippen LogP contribution >= 0.6 is 11.3 Å². The Morgan fingerprint density at radius 2 is 1.86 bits per heavy atom. The lowest BCUT2D eigenvalue weighted by molar-refractivity contribution is -0.114. The summed E-state index contributed by atoms with van der Waals surface area (Å²) in [5.41, 5.74) is 3.72. The molecule has 1 heterocycles. The van der Waals surface area contributed by atoms with E-state index in [1.165, 1.54) is 24.3 Å². The maximum atomic E-state index is 12.8. The number of nitrogens with zero attached hydrogens (tertiary/aromatic N) is 2. The van der Waals surface area contributed by atoms with E-state index in [2.05, 4.69) is 15.6 Å². The molecule has 9 heteroatoms. The maximum absolute atomic E-state index is 12.8. The van der Waals surface area contributed by atoms with Crippen molar-refractivity contribution in [2.24, 2.45) is 0 Å². The van der Waals surface area contributed by atoms with Crippen molar-refractivity contribution in [2.45, 2.75) is 45.3 Å². The molecule has 3 N–H and O–H groups in total. The molecule has 0 fully saturated rings. The van der Waals surface area contributed by atoms with Crippen LogP contribution in [0.2, 0.25) is 18.1 Å². The van der Waals surface area contributed by atoms with Crippen LogP contribution in [-0.2, 0) is 16.0 Å². The van der Waals surface area contributed by atoms with Gasteiger partial charge in [-0.2, -0.15) is 5.26 Å². The largest absolute Gasteiger partial charge is 0.432 e. The van der Waals surface area contributed by atoms with Gasteiger partial charge in [-0.15, -0.1) is 11.3 Å². The third kappa shape index (κ3) is 6.76. The minimum Gasteiger partial charge on any atom is -0.432 e. The monoisotopic (exact) mass is 518 g/mol. The van der Waals surface area contributed by atoms with E-state index in [-0.39, 0.29) is 16.5 Å². The average molecular weight is 519 g/mol. The molecule has 2 amide bonds. The van der Waals surface area contributed by atoms with Gasteiger partial charge in [0, 0.05) is 23.6 Å². The predicted molar refractivity (Wildman–Crippen MR) is 148 cm³/mol. The molecule has 0 aliphatic heterocycles. The fraction of sp³-hybridized carbons (Fsp3) is 0.259. The van der Waals surface area contributed by atoms with Crippen molar-refractivity contribution in [3.05, 3.63) is 70.6 Å². The van der Waals surface area contributed by atoms with Gasteiger partial charge >= 0.3 is 0 Å². The first kappa shape index (κ1) is 27.0. The van der Waals surface area contributed by atoms with Crippen LogP contribution in [0.15, 0.2) is 59.5 Å². The molecule has 2 aromatic carbocycles. The Morgan fingerprint density at radius 1 is 1.17 bits per heavy atom. The van der Waals surface area contributed by atoms with Gasteiger partial charge in [-0.1, -0.05) is 50.2 Å². The summed E-state index contributed by atoms with van der Waals surface area (Å²) in [5.74, 6) is -0.753. The van der Waals surface area contributed by atoms with E-state index in [1.54, 1.807) is 12.1 Å². The summed E-state index contributed by atoms with van der Waals surface area (Å²) >= 11 is 1.29. The molecule has 3 rings (SSSR count). The van der Waals surface area contributed by atoms with Gasteiger partial charge in [0.1, 0.15) is 11.6 Å². The van der Waals surface area contributed by atoms with Gasteiger partial charge in [0.15, 0.2) is 13.4 Å². The highest BCUT2D eigenvalue weighted by Crippen LogP contribution is 2.40. The van der Waals surface area contributed by atoms with Crippen LogP contribution in [0.4, 0.5) is 10.8 Å². The first-order valence-electron chi connectivity index (χ1n) is 11.5. The zero-order valence-electron chi connectivity index (χ0n) is 21.0. The number of hydrogen-bond donors (Lipinski definition) is 3. The lowest BCUT2D eigenvalue weighted by Gasteiger charge is -2.35. The molecule has 0 atom stereocenters. The van der Waals surface area contributed by atoms with Crippen LogP contribution in [0.25, 0.3) is 17.3 Å². The van der Waals surface area contributed by atoms with Gasteiger partial charge in [-0.25, -0.2) is 4.98 Å². The summed E-state index contributed by atoms with van der Waals surface area (Å²) < 4.78 is 0. The summed E-state index contributed by atoms with van der Waals surface area (Å²) in [5, 5.41) is 17.1. The molecular weight excluding hydrogens is 488 g/mol. The van der Waals surface area contributed by atoms with Crippen molar-refractivity contribution in [3.8, 4) is 17.3 Å². The molecule has 0 saturated carbocycles. The Kier molecular flexibility index (Phi) is 8.25. The number of amides is 2. The summed E-state index contributed by atoms with van der Waals surface area (Å²) in [7, 11) is -2.52. The maximum Gasteiger partial charge on any atom is 0.268 e. The number of rotatable bonds is 8. The summed E-state index contributed by atoms with van der Waals surface area (Å²) in [6.45, 7) is 9.22. The first-order chi connectivity index (χ1) is 16.9. The van der Waals surface area contributed by atoms with Gasteiger partial charge < -0.3 is 10.1 Å². The molecule has 0 bridgehead atoms. The van der Waals surface area contributed by atoms with E-state index in [0.717, 1.165) is 16.8 Å². The standard InChI is InChI=1S/C27H30N4O3SSi/c1-18(32)29-23-12-11-19(13-21(23)15-27(2,3)36(4,5)34)14-22(16-28)25(33)31-26-30-24(17-35-26)20-9-7-6-8-10-20/h6-14,17,34H,15H2,1-5H3,(H,29,32)(H,30,31,33)/b22-14+. The van der Waals surface area contributed by atoms with E-state index in [0.29, 0.717) is 22.8 Å². The van der Waals surface area contributed by atoms with Crippen molar-refractivity contribution in [1.29, 1.82) is 5.26 Å². The van der Waals surface area contributed by atoms with Crippen molar-refractivity contribution in [2.75, 3.05) is 10.6 Å². The number of carbonyl (C=O) groups excluding carboxylic acids is 2. The number of carbonyl (C=O) groups is 2. The van der Waals surface area contributed by atoms with Gasteiger partial charge in [0.2, 0.25) is 5.91 Å². The quantitative estimate of drug-likeness (QED) is 0.197. The van der Waals surface area contributed by atoms with E-state index >= 15 is 0 Å². The number of benzene rings is 2. The molecule has 0 saturated heterocycles. The van der Waals surface area contributed by atoms with E-state index in [9.17, 15) is 19.6 Å². The molecule has 0 aliphatic rings. The molecule has 3 aromatic rings. The fourth-order valence-corrected chi connectivity index (χ4v) is 4.74. The van der Waals surface area contributed by atoms with Crippen molar-refractivity contribution >= 4 is 48.4 Å². The van der Waals surface area contributed by atoms with E-state index in [4.69, 9.17) is 0 Å². The van der Waals surface area contributed by atoms with Crippen LogP contribution in [-0.4, -0.2) is 29.9 Å². The highest BCUT2D eigenvalue weighted by Gasteiger charge is 2.38. The van der Waals surface area contributed by atoms with Crippen LogP contribution < -0.4 is 10.6 Å². The molecular formula is C27H30N4O3SSi. The normalized spacial score (nSPS) is 12.1. The minimum absolute atomic E-state index is 0.0687. The third-order valence-corrected chi connectivity index (χ3v) is 10.4. The molecule has 7 nitrogen and oxygen atoms in total. The Balaban J connectivity index is 1.87.